The maximum atomic E-state index is 12.1. The lowest BCUT2D eigenvalue weighted by Gasteiger charge is -2.11. The number of anilines is 1. The SMILES string of the molecule is COc1c(Br)cc(Cl)cc1NC(=O)c1ccc(CN)o1. The molecular weight excluding hydrogens is 348 g/mol. The molecule has 0 aliphatic rings. The van der Waals surface area contributed by atoms with E-state index in [9.17, 15) is 4.79 Å². The zero-order valence-electron chi connectivity index (χ0n) is 10.6. The Balaban J connectivity index is 2.27. The minimum absolute atomic E-state index is 0.170. The van der Waals surface area contributed by atoms with Gasteiger partial charge in [0.2, 0.25) is 0 Å². The van der Waals surface area contributed by atoms with Crippen molar-refractivity contribution in [2.75, 3.05) is 12.4 Å². The summed E-state index contributed by atoms with van der Waals surface area (Å²) in [5.74, 6) is 0.781. The van der Waals surface area contributed by atoms with Crippen LogP contribution in [0, 0.1) is 0 Å². The predicted octanol–water partition coefficient (Wildman–Crippen LogP) is 3.42. The molecule has 0 saturated carbocycles. The maximum Gasteiger partial charge on any atom is 0.291 e. The number of nitrogens with one attached hydrogen (secondary N) is 1. The molecule has 3 N–H and O–H groups in total. The van der Waals surface area contributed by atoms with Crippen LogP contribution in [-0.2, 0) is 6.54 Å². The van der Waals surface area contributed by atoms with Gasteiger partial charge in [0.25, 0.3) is 5.91 Å². The molecule has 2 aromatic rings. The second-order valence-corrected chi connectivity index (χ2v) is 5.18. The fourth-order valence-corrected chi connectivity index (χ4v) is 2.63. The fourth-order valence-electron chi connectivity index (χ4n) is 1.65. The summed E-state index contributed by atoms with van der Waals surface area (Å²) in [6.45, 7) is 0.235. The molecule has 0 radical (unpaired) electrons. The highest BCUT2D eigenvalue weighted by Crippen LogP contribution is 2.36. The van der Waals surface area contributed by atoms with Crippen LogP contribution in [0.25, 0.3) is 0 Å². The van der Waals surface area contributed by atoms with E-state index in [-0.39, 0.29) is 12.3 Å². The smallest absolute Gasteiger partial charge is 0.291 e. The number of amides is 1. The fraction of sp³-hybridized carbons (Fsp3) is 0.154. The predicted molar refractivity (Wildman–Crippen MR) is 80.3 cm³/mol. The van der Waals surface area contributed by atoms with Crippen molar-refractivity contribution in [3.8, 4) is 5.75 Å². The van der Waals surface area contributed by atoms with Crippen molar-refractivity contribution in [2.45, 2.75) is 6.54 Å². The van der Waals surface area contributed by atoms with Crippen molar-refractivity contribution >= 4 is 39.1 Å². The average molecular weight is 360 g/mol. The Morgan fingerprint density at radius 1 is 1.50 bits per heavy atom. The Morgan fingerprint density at radius 3 is 2.85 bits per heavy atom. The molecule has 1 aromatic heterocycles. The molecule has 0 aliphatic carbocycles. The zero-order chi connectivity index (χ0) is 14.7. The summed E-state index contributed by atoms with van der Waals surface area (Å²) in [6, 6.07) is 6.48. The molecule has 5 nitrogen and oxygen atoms in total. The van der Waals surface area contributed by atoms with Crippen molar-refractivity contribution < 1.29 is 13.9 Å². The van der Waals surface area contributed by atoms with Gasteiger partial charge in [-0.2, -0.15) is 0 Å². The molecule has 0 aliphatic heterocycles. The molecule has 0 spiro atoms. The third-order valence-corrected chi connectivity index (χ3v) is 3.35. The Kier molecular flexibility index (Phi) is 4.69. The number of hydrogen-bond donors (Lipinski definition) is 2. The first-order valence-electron chi connectivity index (χ1n) is 5.68. The Bertz CT molecular complexity index is 643. The van der Waals surface area contributed by atoms with Crippen molar-refractivity contribution in [1.29, 1.82) is 0 Å². The summed E-state index contributed by atoms with van der Waals surface area (Å²) in [6.07, 6.45) is 0. The van der Waals surface area contributed by atoms with E-state index in [2.05, 4.69) is 21.2 Å². The molecule has 2 rings (SSSR count). The molecule has 0 fully saturated rings. The van der Waals surface area contributed by atoms with Gasteiger partial charge in [0.05, 0.1) is 23.8 Å². The summed E-state index contributed by atoms with van der Waals surface area (Å²) in [4.78, 5) is 12.1. The van der Waals surface area contributed by atoms with Crippen LogP contribution < -0.4 is 15.8 Å². The first-order valence-corrected chi connectivity index (χ1v) is 6.85. The van der Waals surface area contributed by atoms with Crippen LogP contribution in [0.2, 0.25) is 5.02 Å². The van der Waals surface area contributed by atoms with Gasteiger partial charge >= 0.3 is 0 Å². The monoisotopic (exact) mass is 358 g/mol. The molecule has 0 bridgehead atoms. The van der Waals surface area contributed by atoms with Crippen LogP contribution in [-0.4, -0.2) is 13.0 Å². The number of rotatable bonds is 4. The van der Waals surface area contributed by atoms with Crippen LogP contribution in [0.1, 0.15) is 16.3 Å². The van der Waals surface area contributed by atoms with E-state index >= 15 is 0 Å². The van der Waals surface area contributed by atoms with Crippen LogP contribution in [0.5, 0.6) is 5.75 Å². The van der Waals surface area contributed by atoms with Crippen LogP contribution in [0.4, 0.5) is 5.69 Å². The Morgan fingerprint density at radius 2 is 2.25 bits per heavy atom. The number of ether oxygens (including phenoxy) is 1. The molecule has 1 aromatic carbocycles. The van der Waals surface area contributed by atoms with E-state index < -0.39 is 5.91 Å². The molecule has 1 amide bonds. The van der Waals surface area contributed by atoms with E-state index in [1.54, 1.807) is 24.3 Å². The van der Waals surface area contributed by atoms with Gasteiger partial charge in [0.1, 0.15) is 5.76 Å². The zero-order valence-corrected chi connectivity index (χ0v) is 12.9. The van der Waals surface area contributed by atoms with Gasteiger partial charge in [-0.3, -0.25) is 4.79 Å². The number of methoxy groups -OCH3 is 1. The number of carbonyl (C=O) groups is 1. The highest BCUT2D eigenvalue weighted by molar-refractivity contribution is 9.10. The van der Waals surface area contributed by atoms with Crippen LogP contribution in [0.3, 0.4) is 0 Å². The van der Waals surface area contributed by atoms with E-state index in [0.29, 0.717) is 26.7 Å². The number of halogens is 2. The summed E-state index contributed by atoms with van der Waals surface area (Å²) in [5.41, 5.74) is 5.88. The van der Waals surface area contributed by atoms with Crippen LogP contribution >= 0.6 is 27.5 Å². The van der Waals surface area contributed by atoms with E-state index in [1.165, 1.54) is 7.11 Å². The third-order valence-electron chi connectivity index (χ3n) is 2.55. The van der Waals surface area contributed by atoms with Gasteiger partial charge < -0.3 is 20.2 Å². The second kappa shape index (κ2) is 6.30. The lowest BCUT2D eigenvalue weighted by Crippen LogP contribution is -2.12. The number of carbonyl (C=O) groups excluding carboxylic acids is 1. The van der Waals surface area contributed by atoms with Gasteiger partial charge in [-0.15, -0.1) is 0 Å². The largest absolute Gasteiger partial charge is 0.493 e. The number of nitrogens with two attached hydrogens (primary N) is 1. The minimum Gasteiger partial charge on any atom is -0.493 e. The molecule has 106 valence electrons. The number of benzene rings is 1. The maximum absolute atomic E-state index is 12.1. The molecule has 0 unspecified atom stereocenters. The number of hydrogen-bond acceptors (Lipinski definition) is 4. The molecule has 7 heteroatoms. The minimum atomic E-state index is -0.405. The van der Waals surface area contributed by atoms with Gasteiger partial charge in [0.15, 0.2) is 11.5 Å². The molecule has 0 saturated heterocycles. The first-order chi connectivity index (χ1) is 9.55. The van der Waals surface area contributed by atoms with Gasteiger partial charge in [-0.25, -0.2) is 0 Å². The lowest BCUT2D eigenvalue weighted by atomic mass is 10.2. The van der Waals surface area contributed by atoms with Crippen molar-refractivity contribution in [2.24, 2.45) is 5.73 Å². The topological polar surface area (TPSA) is 77.5 Å². The molecule has 1 heterocycles. The molecule has 20 heavy (non-hydrogen) atoms. The highest BCUT2D eigenvalue weighted by Gasteiger charge is 2.16. The molecule has 0 atom stereocenters. The first kappa shape index (κ1) is 14.9. The lowest BCUT2D eigenvalue weighted by molar-refractivity contribution is 0.0994. The summed E-state index contributed by atoms with van der Waals surface area (Å²) in [5, 5.41) is 3.15. The standard InChI is InChI=1S/C13H12BrClN2O3/c1-19-12-9(14)4-7(15)5-10(12)17-13(18)11-3-2-8(6-16)20-11/h2-5H,6,16H2,1H3,(H,17,18). The third kappa shape index (κ3) is 3.15. The van der Waals surface area contributed by atoms with E-state index in [1.807, 2.05) is 0 Å². The van der Waals surface area contributed by atoms with Gasteiger partial charge in [0, 0.05) is 5.02 Å². The Hall–Kier alpha value is -1.50. The number of furan rings is 1. The van der Waals surface area contributed by atoms with Crippen molar-refractivity contribution in [3.05, 3.63) is 45.3 Å². The summed E-state index contributed by atoms with van der Waals surface area (Å²) < 4.78 is 11.1. The van der Waals surface area contributed by atoms with Gasteiger partial charge in [-0.05, 0) is 40.2 Å². The van der Waals surface area contributed by atoms with Crippen molar-refractivity contribution in [1.82, 2.24) is 0 Å². The highest BCUT2D eigenvalue weighted by atomic mass is 79.9. The van der Waals surface area contributed by atoms with Crippen molar-refractivity contribution in [3.63, 3.8) is 0 Å². The van der Waals surface area contributed by atoms with Gasteiger partial charge in [-0.1, -0.05) is 11.6 Å². The quantitative estimate of drug-likeness (QED) is 0.877. The Labute approximate surface area is 129 Å². The normalized spacial score (nSPS) is 10.4. The summed E-state index contributed by atoms with van der Waals surface area (Å²) in [7, 11) is 1.50. The second-order valence-electron chi connectivity index (χ2n) is 3.89. The molecular formula is C13H12BrClN2O3. The van der Waals surface area contributed by atoms with E-state index in [0.717, 1.165) is 0 Å². The summed E-state index contributed by atoms with van der Waals surface area (Å²) >= 11 is 9.28. The van der Waals surface area contributed by atoms with Crippen LogP contribution in [0.15, 0.2) is 33.2 Å². The average Bonchev–Trinajstić information content (AvgIpc) is 2.87. The van der Waals surface area contributed by atoms with E-state index in [4.69, 9.17) is 26.5 Å².